The van der Waals surface area contributed by atoms with Gasteiger partial charge in [-0.3, -0.25) is 0 Å². The van der Waals surface area contributed by atoms with Crippen LogP contribution >= 0.6 is 15.9 Å². The van der Waals surface area contributed by atoms with Gasteiger partial charge in [0.2, 0.25) is 5.95 Å². The molecule has 0 amide bonds. The second-order valence-electron chi connectivity index (χ2n) is 9.13. The van der Waals surface area contributed by atoms with Crippen LogP contribution < -0.4 is 15.5 Å². The fraction of sp³-hybridized carbons (Fsp3) is 0.462. The lowest BCUT2D eigenvalue weighted by molar-refractivity contribution is 0.199. The predicted octanol–water partition coefficient (Wildman–Crippen LogP) is 4.42. The molecule has 0 spiro atoms. The molecule has 5 rings (SSSR count). The lowest BCUT2D eigenvalue weighted by Gasteiger charge is -2.44. The van der Waals surface area contributed by atoms with Crippen LogP contribution in [0.4, 0.5) is 5.95 Å². The first-order valence-electron chi connectivity index (χ1n) is 11.9. The minimum absolute atomic E-state index is 0.408. The van der Waals surface area contributed by atoms with E-state index in [0.717, 1.165) is 60.5 Å². The van der Waals surface area contributed by atoms with E-state index in [-0.39, 0.29) is 0 Å². The third-order valence-corrected chi connectivity index (χ3v) is 7.61. The van der Waals surface area contributed by atoms with Crippen molar-refractivity contribution in [1.82, 2.24) is 20.6 Å². The summed E-state index contributed by atoms with van der Waals surface area (Å²) in [5.74, 6) is 2.16. The summed E-state index contributed by atoms with van der Waals surface area (Å²) in [6, 6.07) is 17.6. The molecule has 2 saturated heterocycles. The molecule has 2 aliphatic rings. The number of benzene rings is 2. The third-order valence-electron chi connectivity index (χ3n) is 7.11. The SMILES string of the molecule is Brc1ccc2nc(N3CCNC[C@H]3C(CCc3ccccc3)C3CCCNC3)ncc2c1. The summed E-state index contributed by atoms with van der Waals surface area (Å²) in [6.45, 7) is 5.20. The number of anilines is 1. The second-order valence-corrected chi connectivity index (χ2v) is 10.0. The van der Waals surface area contributed by atoms with Gasteiger partial charge < -0.3 is 15.5 Å². The minimum Gasteiger partial charge on any atom is -0.335 e. The molecule has 2 aromatic carbocycles. The Hall–Kier alpha value is -2.02. The molecule has 2 aliphatic heterocycles. The van der Waals surface area contributed by atoms with Gasteiger partial charge in [0.1, 0.15) is 0 Å². The molecule has 32 heavy (non-hydrogen) atoms. The molecule has 3 aromatic rings. The van der Waals surface area contributed by atoms with E-state index >= 15 is 0 Å². The Morgan fingerprint density at radius 2 is 1.94 bits per heavy atom. The highest BCUT2D eigenvalue weighted by atomic mass is 79.9. The predicted molar refractivity (Wildman–Crippen MR) is 135 cm³/mol. The van der Waals surface area contributed by atoms with Crippen LogP contribution in [0.2, 0.25) is 0 Å². The number of aryl methyl sites for hydroxylation is 1. The molecule has 6 heteroatoms. The maximum absolute atomic E-state index is 4.99. The number of piperazine rings is 1. The first-order chi connectivity index (χ1) is 15.8. The molecule has 168 valence electrons. The Balaban J connectivity index is 1.43. The van der Waals surface area contributed by atoms with Crippen molar-refractivity contribution in [2.75, 3.05) is 37.6 Å². The van der Waals surface area contributed by atoms with Crippen molar-refractivity contribution >= 4 is 32.8 Å². The summed E-state index contributed by atoms with van der Waals surface area (Å²) < 4.78 is 1.06. The highest BCUT2D eigenvalue weighted by molar-refractivity contribution is 9.10. The van der Waals surface area contributed by atoms with E-state index in [2.05, 4.69) is 80.0 Å². The largest absolute Gasteiger partial charge is 0.335 e. The lowest BCUT2D eigenvalue weighted by atomic mass is 9.77. The van der Waals surface area contributed by atoms with Crippen molar-refractivity contribution in [1.29, 1.82) is 0 Å². The number of nitrogens with one attached hydrogen (secondary N) is 2. The zero-order chi connectivity index (χ0) is 21.8. The van der Waals surface area contributed by atoms with Crippen LogP contribution in [0.1, 0.15) is 24.8 Å². The van der Waals surface area contributed by atoms with Crippen LogP contribution in [0, 0.1) is 11.8 Å². The van der Waals surface area contributed by atoms with Crippen LogP contribution in [-0.4, -0.2) is 48.7 Å². The van der Waals surface area contributed by atoms with E-state index in [4.69, 9.17) is 9.97 Å². The topological polar surface area (TPSA) is 53.1 Å². The van der Waals surface area contributed by atoms with Crippen molar-refractivity contribution in [2.24, 2.45) is 11.8 Å². The molecule has 5 nitrogen and oxygen atoms in total. The standard InChI is InChI=1S/C26H32BrN5/c27-22-9-11-24-21(15-22)17-30-26(31-24)32-14-13-29-18-25(32)23(20-7-4-12-28-16-20)10-8-19-5-2-1-3-6-19/h1-3,5-6,9,11,15,17,20,23,25,28-29H,4,7-8,10,12-14,16,18H2/t20?,23?,25-/m0/s1. The van der Waals surface area contributed by atoms with Gasteiger partial charge in [-0.25, -0.2) is 9.97 Å². The van der Waals surface area contributed by atoms with Gasteiger partial charge >= 0.3 is 0 Å². The molecule has 2 unspecified atom stereocenters. The van der Waals surface area contributed by atoms with Gasteiger partial charge in [0.25, 0.3) is 0 Å². The fourth-order valence-electron chi connectivity index (χ4n) is 5.45. The van der Waals surface area contributed by atoms with E-state index in [1.165, 1.54) is 24.8 Å². The normalized spacial score (nSPS) is 22.7. The molecule has 2 N–H and O–H groups in total. The number of aromatic nitrogens is 2. The van der Waals surface area contributed by atoms with Crippen LogP contribution in [0.15, 0.2) is 59.2 Å². The summed E-state index contributed by atoms with van der Waals surface area (Å²) in [5.41, 5.74) is 2.44. The Morgan fingerprint density at radius 1 is 1.06 bits per heavy atom. The molecule has 0 saturated carbocycles. The summed E-state index contributed by atoms with van der Waals surface area (Å²) in [4.78, 5) is 12.3. The zero-order valence-corrected chi connectivity index (χ0v) is 20.1. The van der Waals surface area contributed by atoms with Crippen molar-refractivity contribution in [2.45, 2.75) is 31.7 Å². The number of fused-ring (bicyclic) bond motifs is 1. The number of nitrogens with zero attached hydrogens (tertiary/aromatic N) is 3. The molecule has 2 fully saturated rings. The number of rotatable bonds is 6. The highest BCUT2D eigenvalue weighted by Gasteiger charge is 2.36. The first kappa shape index (κ1) is 21.8. The highest BCUT2D eigenvalue weighted by Crippen LogP contribution is 2.32. The van der Waals surface area contributed by atoms with Gasteiger partial charge in [-0.15, -0.1) is 0 Å². The average Bonchev–Trinajstić information content (AvgIpc) is 2.85. The Kier molecular flexibility index (Phi) is 7.00. The number of hydrogen-bond acceptors (Lipinski definition) is 5. The minimum atomic E-state index is 0.408. The molecule has 0 radical (unpaired) electrons. The Bertz CT molecular complexity index is 1020. The fourth-order valence-corrected chi connectivity index (χ4v) is 5.83. The number of halogens is 1. The quantitative estimate of drug-likeness (QED) is 0.532. The van der Waals surface area contributed by atoms with Crippen molar-refractivity contribution < 1.29 is 0 Å². The summed E-state index contributed by atoms with van der Waals surface area (Å²) in [7, 11) is 0. The zero-order valence-electron chi connectivity index (χ0n) is 18.5. The third kappa shape index (κ3) is 4.98. The molecule has 0 bridgehead atoms. The van der Waals surface area contributed by atoms with Crippen LogP contribution in [0.3, 0.4) is 0 Å². The summed E-state index contributed by atoms with van der Waals surface area (Å²) >= 11 is 3.56. The summed E-state index contributed by atoms with van der Waals surface area (Å²) in [5, 5.41) is 8.41. The Labute approximate surface area is 199 Å². The average molecular weight is 494 g/mol. The van der Waals surface area contributed by atoms with E-state index in [0.29, 0.717) is 17.9 Å². The summed E-state index contributed by atoms with van der Waals surface area (Å²) in [6.07, 6.45) is 6.87. The van der Waals surface area contributed by atoms with Crippen molar-refractivity contribution in [3.05, 3.63) is 64.8 Å². The van der Waals surface area contributed by atoms with Crippen molar-refractivity contribution in [3.63, 3.8) is 0 Å². The van der Waals surface area contributed by atoms with Crippen molar-refractivity contribution in [3.8, 4) is 0 Å². The van der Waals surface area contributed by atoms with E-state index in [1.807, 2.05) is 6.20 Å². The maximum atomic E-state index is 4.99. The van der Waals surface area contributed by atoms with Gasteiger partial charge in [-0.2, -0.15) is 0 Å². The van der Waals surface area contributed by atoms with Gasteiger partial charge in [0, 0.05) is 41.7 Å². The molecule has 1 aromatic heterocycles. The second kappa shape index (κ2) is 10.3. The van der Waals surface area contributed by atoms with E-state index < -0.39 is 0 Å². The first-order valence-corrected chi connectivity index (χ1v) is 12.7. The Morgan fingerprint density at radius 3 is 2.78 bits per heavy atom. The van der Waals surface area contributed by atoms with Gasteiger partial charge in [0.05, 0.1) is 5.52 Å². The van der Waals surface area contributed by atoms with Gasteiger partial charge in [0.15, 0.2) is 0 Å². The van der Waals surface area contributed by atoms with E-state index in [9.17, 15) is 0 Å². The molecule has 3 atom stereocenters. The van der Waals surface area contributed by atoms with Gasteiger partial charge in [-0.1, -0.05) is 46.3 Å². The molecular formula is C26H32BrN5. The van der Waals surface area contributed by atoms with E-state index in [1.54, 1.807) is 0 Å². The molecule has 3 heterocycles. The van der Waals surface area contributed by atoms with Gasteiger partial charge in [-0.05, 0) is 74.4 Å². The van der Waals surface area contributed by atoms with Crippen LogP contribution in [-0.2, 0) is 6.42 Å². The maximum Gasteiger partial charge on any atom is 0.226 e. The monoisotopic (exact) mass is 493 g/mol. The number of piperidine rings is 1. The molecular weight excluding hydrogens is 462 g/mol. The number of hydrogen-bond donors (Lipinski definition) is 2. The van der Waals surface area contributed by atoms with Crippen LogP contribution in [0.25, 0.3) is 10.9 Å². The van der Waals surface area contributed by atoms with Crippen LogP contribution in [0.5, 0.6) is 0 Å². The molecule has 0 aliphatic carbocycles. The lowest BCUT2D eigenvalue weighted by Crippen LogP contribution is -2.57. The smallest absolute Gasteiger partial charge is 0.226 e.